The van der Waals surface area contributed by atoms with Crippen molar-refractivity contribution in [1.29, 1.82) is 0 Å². The maximum atomic E-state index is 13.0. The quantitative estimate of drug-likeness (QED) is 0.335. The Morgan fingerprint density at radius 2 is 1.65 bits per heavy atom. The average Bonchev–Trinajstić information content (AvgIpc) is 2.83. The zero-order valence-electron chi connectivity index (χ0n) is 18.8. The van der Waals surface area contributed by atoms with Crippen LogP contribution in [0.1, 0.15) is 35.3 Å². The van der Waals surface area contributed by atoms with Gasteiger partial charge in [0.1, 0.15) is 24.2 Å². The van der Waals surface area contributed by atoms with Crippen molar-refractivity contribution in [2.75, 3.05) is 0 Å². The lowest BCUT2D eigenvalue weighted by atomic mass is 10.0. The Balaban J connectivity index is 1.52. The number of halogens is 2. The van der Waals surface area contributed by atoms with E-state index in [1.807, 2.05) is 13.8 Å². The first-order valence-electron chi connectivity index (χ1n) is 10.7. The fraction of sp³-hybridized carbons (Fsp3) is 0.192. The van der Waals surface area contributed by atoms with Crippen LogP contribution in [0.5, 0.6) is 5.75 Å². The molecule has 0 aromatic heterocycles. The van der Waals surface area contributed by atoms with Crippen LogP contribution in [0, 0.1) is 11.7 Å². The van der Waals surface area contributed by atoms with Gasteiger partial charge >= 0.3 is 0 Å². The fourth-order valence-corrected chi connectivity index (χ4v) is 3.12. The second-order valence-corrected chi connectivity index (χ2v) is 8.36. The molecule has 0 aliphatic rings. The first kappa shape index (κ1) is 24.9. The Morgan fingerprint density at radius 3 is 2.26 bits per heavy atom. The maximum Gasteiger partial charge on any atom is 0.262 e. The van der Waals surface area contributed by atoms with Gasteiger partial charge in [-0.25, -0.2) is 9.82 Å². The van der Waals surface area contributed by atoms with E-state index in [0.29, 0.717) is 22.9 Å². The third-order valence-corrected chi connectivity index (χ3v) is 5.18. The smallest absolute Gasteiger partial charge is 0.262 e. The van der Waals surface area contributed by atoms with Crippen LogP contribution in [0.15, 0.2) is 77.9 Å². The summed E-state index contributed by atoms with van der Waals surface area (Å²) >= 11 is 5.86. The Bertz CT molecular complexity index is 1130. The molecule has 0 spiro atoms. The largest absolute Gasteiger partial charge is 0.489 e. The number of hydrogen-bond donors (Lipinski definition) is 2. The van der Waals surface area contributed by atoms with Gasteiger partial charge in [0.05, 0.1) is 6.21 Å². The van der Waals surface area contributed by atoms with E-state index in [1.165, 1.54) is 18.3 Å². The Labute approximate surface area is 202 Å². The van der Waals surface area contributed by atoms with Crippen molar-refractivity contribution >= 4 is 29.6 Å². The summed E-state index contributed by atoms with van der Waals surface area (Å²) < 4.78 is 18.6. The first-order chi connectivity index (χ1) is 16.3. The Kier molecular flexibility index (Phi) is 8.76. The molecule has 3 aromatic carbocycles. The van der Waals surface area contributed by atoms with Crippen LogP contribution in [-0.4, -0.2) is 24.1 Å². The average molecular weight is 482 g/mol. The molecule has 0 aliphatic heterocycles. The van der Waals surface area contributed by atoms with Crippen LogP contribution < -0.4 is 15.5 Å². The van der Waals surface area contributed by atoms with Gasteiger partial charge in [0.25, 0.3) is 11.8 Å². The monoisotopic (exact) mass is 481 g/mol. The number of hydrogen-bond acceptors (Lipinski definition) is 4. The van der Waals surface area contributed by atoms with E-state index in [-0.39, 0.29) is 17.6 Å². The van der Waals surface area contributed by atoms with Crippen molar-refractivity contribution < 1.29 is 18.7 Å². The third-order valence-electron chi connectivity index (χ3n) is 4.93. The number of nitrogens with zero attached hydrogens (tertiary/aromatic N) is 1. The van der Waals surface area contributed by atoms with Gasteiger partial charge in [-0.1, -0.05) is 37.6 Å². The molecule has 0 heterocycles. The van der Waals surface area contributed by atoms with Crippen LogP contribution in [0.4, 0.5) is 4.39 Å². The second-order valence-electron chi connectivity index (χ2n) is 7.92. The van der Waals surface area contributed by atoms with Crippen molar-refractivity contribution in [2.45, 2.75) is 26.5 Å². The standard InChI is InChI=1S/C26H25ClFN3O3/c1-17(2)24(30-25(32)20-7-9-21(27)10-8-20)26(33)31-29-15-18-5-13-23(14-6-18)34-16-19-3-11-22(28)12-4-19/h3-15,17,24H,16H2,1-2H3,(H,30,32)(H,31,33)/b29-15-. The topological polar surface area (TPSA) is 79.8 Å². The minimum absolute atomic E-state index is 0.149. The molecule has 3 rings (SSSR count). The minimum atomic E-state index is -0.762. The van der Waals surface area contributed by atoms with E-state index in [9.17, 15) is 14.0 Å². The van der Waals surface area contributed by atoms with E-state index >= 15 is 0 Å². The number of carbonyl (C=O) groups excluding carboxylic acids is 2. The number of nitrogens with one attached hydrogen (secondary N) is 2. The molecule has 3 aromatic rings. The fourth-order valence-electron chi connectivity index (χ4n) is 3.00. The predicted octanol–water partition coefficient (Wildman–Crippen LogP) is 4.96. The molecule has 2 amide bonds. The van der Waals surface area contributed by atoms with E-state index < -0.39 is 11.9 Å². The SMILES string of the molecule is CC(C)C(NC(=O)c1ccc(Cl)cc1)C(=O)N/N=C\c1ccc(OCc2ccc(F)cc2)cc1. The van der Waals surface area contributed by atoms with Gasteiger partial charge in [0, 0.05) is 10.6 Å². The molecular weight excluding hydrogens is 457 g/mol. The van der Waals surface area contributed by atoms with Crippen LogP contribution in [-0.2, 0) is 11.4 Å². The highest BCUT2D eigenvalue weighted by atomic mass is 35.5. The molecule has 1 atom stereocenters. The molecule has 8 heteroatoms. The summed E-state index contributed by atoms with van der Waals surface area (Å²) in [6, 6.07) is 18.9. The molecule has 176 valence electrons. The van der Waals surface area contributed by atoms with Crippen molar-refractivity contribution in [2.24, 2.45) is 11.0 Å². The second kappa shape index (κ2) is 12.0. The molecule has 2 N–H and O–H groups in total. The molecule has 1 unspecified atom stereocenters. The maximum absolute atomic E-state index is 13.0. The van der Waals surface area contributed by atoms with Crippen molar-refractivity contribution in [3.63, 3.8) is 0 Å². The van der Waals surface area contributed by atoms with Gasteiger partial charge in [-0.3, -0.25) is 9.59 Å². The molecular formula is C26H25ClFN3O3. The van der Waals surface area contributed by atoms with Crippen LogP contribution in [0.2, 0.25) is 5.02 Å². The number of carbonyl (C=O) groups is 2. The Hall–Kier alpha value is -3.71. The normalized spacial score (nSPS) is 11.9. The first-order valence-corrected chi connectivity index (χ1v) is 11.1. The number of rotatable bonds is 9. The highest BCUT2D eigenvalue weighted by Crippen LogP contribution is 2.14. The summed E-state index contributed by atoms with van der Waals surface area (Å²) in [5.41, 5.74) is 4.50. The number of hydrazone groups is 1. The Morgan fingerprint density at radius 1 is 1.00 bits per heavy atom. The van der Waals surface area contributed by atoms with E-state index in [2.05, 4.69) is 15.8 Å². The predicted molar refractivity (Wildman–Crippen MR) is 130 cm³/mol. The number of amides is 2. The van der Waals surface area contributed by atoms with Crippen molar-refractivity contribution in [1.82, 2.24) is 10.7 Å². The minimum Gasteiger partial charge on any atom is -0.489 e. The molecule has 0 radical (unpaired) electrons. The zero-order valence-corrected chi connectivity index (χ0v) is 19.6. The number of ether oxygens (including phenoxy) is 1. The highest BCUT2D eigenvalue weighted by Gasteiger charge is 2.24. The summed E-state index contributed by atoms with van der Waals surface area (Å²) in [7, 11) is 0. The van der Waals surface area contributed by atoms with Gasteiger partial charge in [-0.05, 0) is 77.7 Å². The summed E-state index contributed by atoms with van der Waals surface area (Å²) in [4.78, 5) is 25.0. The van der Waals surface area contributed by atoms with Crippen LogP contribution >= 0.6 is 11.6 Å². The lowest BCUT2D eigenvalue weighted by molar-refractivity contribution is -0.123. The van der Waals surface area contributed by atoms with Crippen LogP contribution in [0.25, 0.3) is 0 Å². The summed E-state index contributed by atoms with van der Waals surface area (Å²) in [6.45, 7) is 3.99. The van der Waals surface area contributed by atoms with Crippen molar-refractivity contribution in [3.8, 4) is 5.75 Å². The van der Waals surface area contributed by atoms with E-state index in [1.54, 1.807) is 60.7 Å². The number of benzene rings is 3. The molecule has 34 heavy (non-hydrogen) atoms. The molecule has 0 saturated heterocycles. The summed E-state index contributed by atoms with van der Waals surface area (Å²) in [6.07, 6.45) is 1.50. The molecule has 0 aliphatic carbocycles. The third kappa shape index (κ3) is 7.42. The summed E-state index contributed by atoms with van der Waals surface area (Å²) in [5, 5.41) is 7.26. The lowest BCUT2D eigenvalue weighted by Gasteiger charge is -2.20. The molecule has 6 nitrogen and oxygen atoms in total. The summed E-state index contributed by atoms with van der Waals surface area (Å²) in [5.74, 6) is -0.582. The van der Waals surface area contributed by atoms with Gasteiger partial charge in [0.2, 0.25) is 0 Å². The zero-order chi connectivity index (χ0) is 24.5. The van der Waals surface area contributed by atoms with Gasteiger partial charge in [0.15, 0.2) is 0 Å². The van der Waals surface area contributed by atoms with Gasteiger partial charge < -0.3 is 10.1 Å². The lowest BCUT2D eigenvalue weighted by Crippen LogP contribution is -2.48. The van der Waals surface area contributed by atoms with Crippen molar-refractivity contribution in [3.05, 3.63) is 100 Å². The molecule has 0 bridgehead atoms. The van der Waals surface area contributed by atoms with E-state index in [4.69, 9.17) is 16.3 Å². The van der Waals surface area contributed by atoms with Gasteiger partial charge in [-0.2, -0.15) is 5.10 Å². The van der Waals surface area contributed by atoms with Gasteiger partial charge in [-0.15, -0.1) is 0 Å². The highest BCUT2D eigenvalue weighted by molar-refractivity contribution is 6.30. The molecule has 0 fully saturated rings. The van der Waals surface area contributed by atoms with E-state index in [0.717, 1.165) is 11.1 Å². The molecule has 0 saturated carbocycles. The van der Waals surface area contributed by atoms with Crippen LogP contribution in [0.3, 0.4) is 0 Å².